The van der Waals surface area contributed by atoms with Crippen molar-refractivity contribution in [2.45, 2.75) is 6.54 Å². The summed E-state index contributed by atoms with van der Waals surface area (Å²) in [5.41, 5.74) is 2.62. The number of carbonyl (C=O) groups excluding carboxylic acids is 3. The van der Waals surface area contributed by atoms with Gasteiger partial charge in [0, 0.05) is 42.1 Å². The average Bonchev–Trinajstić information content (AvgIpc) is 2.79. The van der Waals surface area contributed by atoms with Gasteiger partial charge in [-0.05, 0) is 53.6 Å². The van der Waals surface area contributed by atoms with Crippen molar-refractivity contribution >= 4 is 41.0 Å². The number of halogens is 1. The second kappa shape index (κ2) is 8.53. The second-order valence-corrected chi connectivity index (χ2v) is 7.52. The maximum absolute atomic E-state index is 13.1. The highest BCUT2D eigenvalue weighted by Gasteiger charge is 2.33. The fourth-order valence-corrected chi connectivity index (χ4v) is 3.56. The lowest BCUT2D eigenvalue weighted by molar-refractivity contribution is -0.114. The zero-order valence-corrected chi connectivity index (χ0v) is 17.4. The van der Waals surface area contributed by atoms with E-state index in [1.54, 1.807) is 61.9 Å². The van der Waals surface area contributed by atoms with Crippen LogP contribution in [-0.2, 0) is 11.3 Å². The lowest BCUT2D eigenvalue weighted by atomic mass is 9.92. The maximum atomic E-state index is 13.1. The molecule has 1 aromatic heterocycles. The number of aromatic nitrogens is 1. The van der Waals surface area contributed by atoms with Gasteiger partial charge in [0.1, 0.15) is 0 Å². The Morgan fingerprint density at radius 3 is 2.71 bits per heavy atom. The Kier molecular flexibility index (Phi) is 5.64. The molecule has 1 aliphatic rings. The number of Topliss-reactive ketones (excluding diaryl/α,β-unsaturated/α-hetero) is 1. The van der Waals surface area contributed by atoms with Crippen LogP contribution in [0.4, 0.5) is 5.69 Å². The van der Waals surface area contributed by atoms with Gasteiger partial charge in [0.15, 0.2) is 0 Å². The lowest BCUT2D eigenvalue weighted by Crippen LogP contribution is -2.37. The molecule has 31 heavy (non-hydrogen) atoms. The van der Waals surface area contributed by atoms with Crippen molar-refractivity contribution in [1.29, 1.82) is 0 Å². The van der Waals surface area contributed by atoms with Gasteiger partial charge in [-0.2, -0.15) is 0 Å². The van der Waals surface area contributed by atoms with E-state index in [1.807, 2.05) is 6.07 Å². The van der Waals surface area contributed by atoms with Gasteiger partial charge in [0.05, 0.1) is 11.3 Å². The van der Waals surface area contributed by atoms with Gasteiger partial charge in [-0.3, -0.25) is 19.4 Å². The first kappa shape index (κ1) is 20.5. The monoisotopic (exact) mass is 431 g/mol. The summed E-state index contributed by atoms with van der Waals surface area (Å²) in [4.78, 5) is 44.0. The first-order valence-electron chi connectivity index (χ1n) is 9.55. The Morgan fingerprint density at radius 1 is 1.13 bits per heavy atom. The molecule has 0 radical (unpaired) electrons. The number of rotatable bonds is 4. The van der Waals surface area contributed by atoms with Crippen molar-refractivity contribution in [3.63, 3.8) is 0 Å². The van der Waals surface area contributed by atoms with Crippen LogP contribution in [0.25, 0.3) is 6.08 Å². The Bertz CT molecular complexity index is 1220. The molecule has 4 rings (SSSR count). The van der Waals surface area contributed by atoms with Crippen LogP contribution in [0, 0.1) is 0 Å². The van der Waals surface area contributed by atoms with Crippen molar-refractivity contribution < 1.29 is 14.4 Å². The number of ketones is 1. The van der Waals surface area contributed by atoms with Gasteiger partial charge < -0.3 is 10.2 Å². The van der Waals surface area contributed by atoms with Gasteiger partial charge in [0.2, 0.25) is 5.78 Å². The molecular weight excluding hydrogens is 414 g/mol. The first-order chi connectivity index (χ1) is 14.9. The molecule has 0 fully saturated rings. The molecule has 0 saturated carbocycles. The molecule has 6 nitrogen and oxygen atoms in total. The molecule has 1 aliphatic heterocycles. The second-order valence-electron chi connectivity index (χ2n) is 7.08. The fraction of sp³-hybridized carbons (Fsp3) is 0.0833. The van der Waals surface area contributed by atoms with E-state index in [9.17, 15) is 14.4 Å². The number of likely N-dealkylation sites (N-methyl/N-ethyl adjacent to an activating group) is 1. The molecule has 154 valence electrons. The van der Waals surface area contributed by atoms with E-state index in [4.69, 9.17) is 11.6 Å². The number of hydrogen-bond donors (Lipinski definition) is 1. The lowest BCUT2D eigenvalue weighted by Gasteiger charge is -2.27. The summed E-state index contributed by atoms with van der Waals surface area (Å²) < 4.78 is 0. The molecule has 0 saturated heterocycles. The van der Waals surface area contributed by atoms with Crippen LogP contribution in [0.5, 0.6) is 0 Å². The molecule has 0 atom stereocenters. The number of anilines is 1. The van der Waals surface area contributed by atoms with Crippen molar-refractivity contribution in [2.75, 3.05) is 11.9 Å². The number of nitrogens with one attached hydrogen (secondary N) is 1. The number of hydrogen-bond acceptors (Lipinski definition) is 4. The van der Waals surface area contributed by atoms with E-state index in [0.717, 1.165) is 5.56 Å². The van der Waals surface area contributed by atoms with E-state index >= 15 is 0 Å². The fourth-order valence-electron chi connectivity index (χ4n) is 3.36. The van der Waals surface area contributed by atoms with Crippen LogP contribution in [0.3, 0.4) is 0 Å². The molecular formula is C24H18ClN3O3. The molecule has 2 amide bonds. The predicted octanol–water partition coefficient (Wildman–Crippen LogP) is 3.91. The van der Waals surface area contributed by atoms with Crippen LogP contribution in [0.15, 0.2) is 72.6 Å². The van der Waals surface area contributed by atoms with Gasteiger partial charge in [-0.25, -0.2) is 0 Å². The van der Waals surface area contributed by atoms with Crippen molar-refractivity contribution in [1.82, 2.24) is 10.3 Å². The molecule has 2 aromatic carbocycles. The molecule has 1 N–H and O–H groups in total. The summed E-state index contributed by atoms with van der Waals surface area (Å²) in [6, 6.07) is 15.3. The van der Waals surface area contributed by atoms with Crippen LogP contribution in [0.1, 0.15) is 31.8 Å². The van der Waals surface area contributed by atoms with Crippen molar-refractivity contribution in [3.8, 4) is 0 Å². The highest BCUT2D eigenvalue weighted by atomic mass is 35.5. The highest BCUT2D eigenvalue weighted by molar-refractivity contribution is 6.37. The van der Waals surface area contributed by atoms with Crippen LogP contribution in [-0.4, -0.2) is 29.6 Å². The van der Waals surface area contributed by atoms with Gasteiger partial charge in [0.25, 0.3) is 11.8 Å². The summed E-state index contributed by atoms with van der Waals surface area (Å²) >= 11 is 6.02. The molecule has 0 bridgehead atoms. The van der Waals surface area contributed by atoms with Gasteiger partial charge in [-0.1, -0.05) is 29.8 Å². The Hall–Kier alpha value is -3.77. The Morgan fingerprint density at radius 2 is 1.97 bits per heavy atom. The largest absolute Gasteiger partial charge is 0.348 e. The Balaban J connectivity index is 1.63. The maximum Gasteiger partial charge on any atom is 0.262 e. The summed E-state index contributed by atoms with van der Waals surface area (Å²) in [6.07, 6.45) is 4.85. The summed E-state index contributed by atoms with van der Waals surface area (Å²) in [7, 11) is 1.60. The van der Waals surface area contributed by atoms with Gasteiger partial charge in [-0.15, -0.1) is 0 Å². The standard InChI is InChI=1S/C24H18ClN3O3/c1-28-21-8-7-17(23(30)27-14-16-5-3-9-26-13-16)12-19(21)22(29)20(24(28)31)11-15-4-2-6-18(25)10-15/h2-13H,14H2,1H3,(H,27,30)/b20-11-. The molecule has 0 unspecified atom stereocenters. The van der Waals surface area contributed by atoms with Crippen LogP contribution >= 0.6 is 11.6 Å². The third kappa shape index (κ3) is 4.25. The third-order valence-corrected chi connectivity index (χ3v) is 5.22. The summed E-state index contributed by atoms with van der Waals surface area (Å²) in [5, 5.41) is 3.32. The number of carbonyl (C=O) groups is 3. The number of benzene rings is 2. The van der Waals surface area contributed by atoms with Gasteiger partial charge >= 0.3 is 0 Å². The number of amides is 2. The van der Waals surface area contributed by atoms with E-state index in [1.165, 1.54) is 17.0 Å². The molecule has 0 aliphatic carbocycles. The summed E-state index contributed by atoms with van der Waals surface area (Å²) in [5.74, 6) is -1.16. The molecule has 2 heterocycles. The van der Waals surface area contributed by atoms with Crippen LogP contribution < -0.4 is 10.2 Å². The topological polar surface area (TPSA) is 79.4 Å². The summed E-state index contributed by atoms with van der Waals surface area (Å²) in [6.45, 7) is 0.315. The Labute approximate surface area is 184 Å². The van der Waals surface area contributed by atoms with Crippen molar-refractivity contribution in [2.24, 2.45) is 0 Å². The van der Waals surface area contributed by atoms with E-state index in [0.29, 0.717) is 33.9 Å². The normalized spacial score (nSPS) is 14.5. The highest BCUT2D eigenvalue weighted by Crippen LogP contribution is 2.31. The van der Waals surface area contributed by atoms with E-state index in [-0.39, 0.29) is 11.5 Å². The van der Waals surface area contributed by atoms with Crippen molar-refractivity contribution in [3.05, 3.63) is 99.8 Å². The SMILES string of the molecule is CN1C(=O)/C(=C\c2cccc(Cl)c2)C(=O)c2cc(C(=O)NCc3cccnc3)ccc21. The third-order valence-electron chi connectivity index (χ3n) is 4.98. The molecule has 7 heteroatoms. The minimum Gasteiger partial charge on any atom is -0.348 e. The number of nitrogens with zero attached hydrogens (tertiary/aromatic N) is 2. The zero-order chi connectivity index (χ0) is 22.0. The molecule has 3 aromatic rings. The number of fused-ring (bicyclic) bond motifs is 1. The first-order valence-corrected chi connectivity index (χ1v) is 9.93. The molecule has 0 spiro atoms. The smallest absolute Gasteiger partial charge is 0.262 e. The zero-order valence-electron chi connectivity index (χ0n) is 16.6. The predicted molar refractivity (Wildman–Crippen MR) is 119 cm³/mol. The van der Waals surface area contributed by atoms with E-state index < -0.39 is 11.7 Å². The minimum atomic E-state index is -0.431. The average molecular weight is 432 g/mol. The number of pyridine rings is 1. The minimum absolute atomic E-state index is 0.0187. The van der Waals surface area contributed by atoms with E-state index in [2.05, 4.69) is 10.3 Å². The quantitative estimate of drug-likeness (QED) is 0.501. The van der Waals surface area contributed by atoms with Crippen LogP contribution in [0.2, 0.25) is 5.02 Å².